The summed E-state index contributed by atoms with van der Waals surface area (Å²) in [6, 6.07) is 1.47. The van der Waals surface area contributed by atoms with Crippen LogP contribution in [0, 0.1) is 5.92 Å². The number of aromatic nitrogens is 1. The molecule has 4 aliphatic rings. The lowest BCUT2D eigenvalue weighted by atomic mass is 9.92. The van der Waals surface area contributed by atoms with Crippen molar-refractivity contribution in [1.29, 1.82) is 0 Å². The predicted molar refractivity (Wildman–Crippen MR) is 91.7 cm³/mol. The topological polar surface area (TPSA) is 37.3 Å². The van der Waals surface area contributed by atoms with Crippen molar-refractivity contribution >= 4 is 11.5 Å². The lowest BCUT2D eigenvalue weighted by Crippen LogP contribution is -2.40. The third-order valence-electron chi connectivity index (χ3n) is 5.66. The van der Waals surface area contributed by atoms with Crippen LogP contribution in [0.25, 0.3) is 11.5 Å². The number of nitrogens with one attached hydrogen (secondary N) is 1. The first-order valence-electron chi connectivity index (χ1n) is 8.78. The third kappa shape index (κ3) is 2.06. The average Bonchev–Trinajstić information content (AvgIpc) is 3.39. The van der Waals surface area contributed by atoms with Gasteiger partial charge in [0.15, 0.2) is 5.95 Å². The molecule has 1 aromatic rings. The predicted octanol–water partition coefficient (Wildman–Crippen LogP) is 2.69. The smallest absolute Gasteiger partial charge is 0.260 e. The van der Waals surface area contributed by atoms with E-state index in [4.69, 9.17) is 0 Å². The molecule has 0 aromatic carbocycles. The fourth-order valence-corrected chi connectivity index (χ4v) is 4.19. The van der Waals surface area contributed by atoms with Gasteiger partial charge in [0.25, 0.3) is 5.56 Å². The summed E-state index contributed by atoms with van der Waals surface area (Å²) in [6.45, 7) is 1.32. The minimum Gasteiger partial charge on any atom is -0.384 e. The van der Waals surface area contributed by atoms with E-state index in [1.807, 2.05) is 0 Å². The fraction of sp³-hybridized carbons (Fsp3) is 0.421. The second-order valence-electron chi connectivity index (χ2n) is 7.33. The zero-order valence-corrected chi connectivity index (χ0v) is 14.0. The Bertz CT molecular complexity index is 936. The largest absolute Gasteiger partial charge is 0.384 e. The van der Waals surface area contributed by atoms with Gasteiger partial charge in [-0.25, -0.2) is 4.39 Å². The Balaban J connectivity index is 1.78. The summed E-state index contributed by atoms with van der Waals surface area (Å²) in [4.78, 5) is 14.5. The fourth-order valence-electron chi connectivity index (χ4n) is 4.19. The molecule has 6 heteroatoms. The number of hydrogen-bond donors (Lipinski definition) is 1. The average molecular weight is 343 g/mol. The second-order valence-corrected chi connectivity index (χ2v) is 7.33. The normalized spacial score (nSPS) is 24.7. The van der Waals surface area contributed by atoms with Crippen molar-refractivity contribution in [2.75, 3.05) is 13.1 Å². The van der Waals surface area contributed by atoms with Crippen molar-refractivity contribution in [2.45, 2.75) is 25.3 Å². The van der Waals surface area contributed by atoms with Crippen LogP contribution in [0.4, 0.5) is 8.78 Å². The molecule has 1 N–H and O–H groups in total. The summed E-state index contributed by atoms with van der Waals surface area (Å²) in [5, 5.41) is 3.26. The number of nitrogens with zero attached hydrogens (tertiary/aromatic N) is 2. The molecular formula is C19H19F2N3O. The molecule has 1 aromatic heterocycles. The van der Waals surface area contributed by atoms with Crippen molar-refractivity contribution in [3.63, 3.8) is 0 Å². The van der Waals surface area contributed by atoms with Crippen LogP contribution in [0.3, 0.4) is 0 Å². The zero-order chi connectivity index (χ0) is 17.3. The Morgan fingerprint density at radius 2 is 2.08 bits per heavy atom. The molecule has 130 valence electrons. The maximum absolute atomic E-state index is 15.2. The Morgan fingerprint density at radius 3 is 2.84 bits per heavy atom. The van der Waals surface area contributed by atoms with Gasteiger partial charge < -0.3 is 14.8 Å². The molecule has 0 amide bonds. The van der Waals surface area contributed by atoms with Gasteiger partial charge in [-0.15, -0.1) is 0 Å². The third-order valence-corrected chi connectivity index (χ3v) is 5.66. The molecule has 1 atom stereocenters. The Kier molecular flexibility index (Phi) is 3.03. The summed E-state index contributed by atoms with van der Waals surface area (Å²) < 4.78 is 31.5. The summed E-state index contributed by atoms with van der Waals surface area (Å²) >= 11 is 0. The van der Waals surface area contributed by atoms with E-state index in [0.717, 1.165) is 24.8 Å². The molecule has 0 radical (unpaired) electrons. The maximum Gasteiger partial charge on any atom is 0.260 e. The molecule has 2 aliphatic carbocycles. The first-order chi connectivity index (χ1) is 12.1. The number of rotatable bonds is 2. The van der Waals surface area contributed by atoms with Crippen LogP contribution in [0.1, 0.15) is 30.4 Å². The molecule has 1 unspecified atom stereocenters. The highest BCUT2D eigenvalue weighted by molar-refractivity contribution is 5.86. The van der Waals surface area contributed by atoms with Crippen LogP contribution < -0.4 is 10.9 Å². The standard InChI is InChI=1S/C19H19F2N3O/c1-23-7-5-11-13(20)8-12-15-14(24(18(12)21)9-10-2-3-10)4-6-22-17(15)16(11)19(23)25/h5,7-8,10,14,22H,2-4,6,9H2,1H3. The zero-order valence-electron chi connectivity index (χ0n) is 14.0. The monoisotopic (exact) mass is 343 g/mol. The van der Waals surface area contributed by atoms with Gasteiger partial charge in [0.05, 0.1) is 17.3 Å². The van der Waals surface area contributed by atoms with Gasteiger partial charge in [0.1, 0.15) is 5.83 Å². The molecule has 2 aliphatic heterocycles. The van der Waals surface area contributed by atoms with E-state index in [9.17, 15) is 9.18 Å². The highest BCUT2D eigenvalue weighted by Gasteiger charge is 2.44. The van der Waals surface area contributed by atoms with E-state index >= 15 is 4.39 Å². The first-order valence-corrected chi connectivity index (χ1v) is 8.78. The van der Waals surface area contributed by atoms with Crippen molar-refractivity contribution in [1.82, 2.24) is 14.8 Å². The Hall–Kier alpha value is -2.37. The Morgan fingerprint density at radius 1 is 1.28 bits per heavy atom. The highest BCUT2D eigenvalue weighted by atomic mass is 19.1. The van der Waals surface area contributed by atoms with Gasteiger partial charge in [-0.3, -0.25) is 4.79 Å². The maximum atomic E-state index is 15.2. The number of aryl methyl sites for hydroxylation is 1. The summed E-state index contributed by atoms with van der Waals surface area (Å²) in [5.74, 6) is -0.379. The van der Waals surface area contributed by atoms with E-state index in [0.29, 0.717) is 35.8 Å². The first kappa shape index (κ1) is 14.9. The number of allylic oxidation sites excluding steroid dienone is 1. The van der Waals surface area contributed by atoms with Gasteiger partial charge in [0, 0.05) is 43.0 Å². The molecule has 0 bridgehead atoms. The summed E-state index contributed by atoms with van der Waals surface area (Å²) in [5.41, 5.74) is 1.92. The number of pyridine rings is 1. The number of fused-ring (bicyclic) bond motifs is 2. The minimum atomic E-state index is -0.555. The molecule has 25 heavy (non-hydrogen) atoms. The summed E-state index contributed by atoms with van der Waals surface area (Å²) in [7, 11) is 1.64. The lowest BCUT2D eigenvalue weighted by molar-refractivity contribution is 0.223. The molecule has 1 saturated carbocycles. The van der Waals surface area contributed by atoms with E-state index in [-0.39, 0.29) is 23.1 Å². The van der Waals surface area contributed by atoms with Crippen molar-refractivity contribution < 1.29 is 8.78 Å². The van der Waals surface area contributed by atoms with E-state index in [1.54, 1.807) is 24.2 Å². The molecule has 1 fully saturated rings. The lowest BCUT2D eigenvalue weighted by Gasteiger charge is -2.32. The van der Waals surface area contributed by atoms with E-state index in [1.165, 1.54) is 10.6 Å². The molecule has 0 saturated heterocycles. The van der Waals surface area contributed by atoms with Crippen molar-refractivity contribution in [2.24, 2.45) is 13.0 Å². The van der Waals surface area contributed by atoms with Crippen LogP contribution in [0.2, 0.25) is 0 Å². The highest BCUT2D eigenvalue weighted by Crippen LogP contribution is 2.47. The molecular weight excluding hydrogens is 324 g/mol. The number of halogens is 2. The van der Waals surface area contributed by atoms with Gasteiger partial charge in [-0.05, 0) is 37.3 Å². The summed E-state index contributed by atoms with van der Waals surface area (Å²) in [6.07, 6.45) is 5.82. The second kappa shape index (κ2) is 5.07. The van der Waals surface area contributed by atoms with E-state index < -0.39 is 5.83 Å². The van der Waals surface area contributed by atoms with E-state index in [2.05, 4.69) is 5.32 Å². The number of hydrogen-bond acceptors (Lipinski definition) is 3. The van der Waals surface area contributed by atoms with Gasteiger partial charge in [0.2, 0.25) is 0 Å². The van der Waals surface area contributed by atoms with Crippen LogP contribution >= 0.6 is 0 Å². The molecule has 3 heterocycles. The SMILES string of the molecule is Cn1ccc2c(c1=O)C1=C3C(=C(F)N(CC4CC4)C3CCN1)C=C2F. The quantitative estimate of drug-likeness (QED) is 0.839. The van der Waals surface area contributed by atoms with Crippen LogP contribution in [-0.2, 0) is 7.05 Å². The van der Waals surface area contributed by atoms with Gasteiger partial charge >= 0.3 is 0 Å². The molecule has 5 rings (SSSR count). The van der Waals surface area contributed by atoms with Crippen molar-refractivity contribution in [3.05, 3.63) is 56.9 Å². The van der Waals surface area contributed by atoms with Crippen LogP contribution in [-0.4, -0.2) is 28.6 Å². The van der Waals surface area contributed by atoms with Gasteiger partial charge in [-0.1, -0.05) is 0 Å². The Labute approximate surface area is 144 Å². The van der Waals surface area contributed by atoms with Crippen LogP contribution in [0.5, 0.6) is 0 Å². The van der Waals surface area contributed by atoms with Crippen LogP contribution in [0.15, 0.2) is 40.2 Å². The van der Waals surface area contributed by atoms with Crippen molar-refractivity contribution in [3.8, 4) is 0 Å². The molecule has 0 spiro atoms. The minimum absolute atomic E-state index is 0.119. The van der Waals surface area contributed by atoms with Gasteiger partial charge in [-0.2, -0.15) is 4.39 Å². The molecule has 4 nitrogen and oxygen atoms in total.